The van der Waals surface area contributed by atoms with Crippen LogP contribution < -0.4 is 5.32 Å². The molecule has 6 nitrogen and oxygen atoms in total. The van der Waals surface area contributed by atoms with E-state index >= 15 is 0 Å². The first-order chi connectivity index (χ1) is 13.6. The zero-order valence-electron chi connectivity index (χ0n) is 16.2. The fraction of sp³-hybridized carbons (Fsp3) is 0.381. The summed E-state index contributed by atoms with van der Waals surface area (Å²) in [5.74, 6) is -0.153. The molecular weight excluding hydrogens is 376 g/mol. The largest absolute Gasteiger partial charge is 0.381 e. The molecule has 1 aromatic carbocycles. The maximum atomic E-state index is 12.5. The van der Waals surface area contributed by atoms with Gasteiger partial charge in [-0.05, 0) is 37.5 Å². The summed E-state index contributed by atoms with van der Waals surface area (Å²) in [4.78, 5) is 17.0. The molecule has 148 valence electrons. The number of fused-ring (bicyclic) bond motifs is 1. The van der Waals surface area contributed by atoms with Crippen LogP contribution in [-0.4, -0.2) is 40.3 Å². The fourth-order valence-electron chi connectivity index (χ4n) is 2.95. The van der Waals surface area contributed by atoms with E-state index in [9.17, 15) is 4.79 Å². The molecule has 2 heterocycles. The van der Waals surface area contributed by atoms with Crippen molar-refractivity contribution < 1.29 is 9.53 Å². The summed E-state index contributed by atoms with van der Waals surface area (Å²) in [7, 11) is 0. The average molecular weight is 401 g/mol. The van der Waals surface area contributed by atoms with Crippen molar-refractivity contribution in [1.82, 2.24) is 19.9 Å². The van der Waals surface area contributed by atoms with Crippen molar-refractivity contribution in [1.29, 1.82) is 0 Å². The van der Waals surface area contributed by atoms with Crippen molar-refractivity contribution in [3.05, 3.63) is 52.9 Å². The van der Waals surface area contributed by atoms with Gasteiger partial charge in [0, 0.05) is 36.5 Å². The van der Waals surface area contributed by atoms with Gasteiger partial charge in [-0.3, -0.25) is 4.79 Å². The minimum Gasteiger partial charge on any atom is -0.381 e. The number of carbonyl (C=O) groups excluding carboxylic acids is 1. The predicted molar refractivity (Wildman–Crippen MR) is 111 cm³/mol. The number of halogens is 1. The third-order valence-corrected chi connectivity index (χ3v) is 4.78. The van der Waals surface area contributed by atoms with Crippen LogP contribution in [0.4, 0.5) is 0 Å². The number of amides is 1. The van der Waals surface area contributed by atoms with Gasteiger partial charge >= 0.3 is 0 Å². The monoisotopic (exact) mass is 400 g/mol. The Morgan fingerprint density at radius 2 is 2.07 bits per heavy atom. The van der Waals surface area contributed by atoms with Crippen molar-refractivity contribution >= 4 is 23.2 Å². The maximum absolute atomic E-state index is 12.5. The highest BCUT2D eigenvalue weighted by Gasteiger charge is 2.16. The maximum Gasteiger partial charge on any atom is 0.254 e. The number of rotatable bonds is 9. The predicted octanol–water partition coefficient (Wildman–Crippen LogP) is 4.29. The number of hydrogen-bond donors (Lipinski definition) is 1. The van der Waals surface area contributed by atoms with Crippen LogP contribution in [0.15, 0.2) is 36.7 Å². The molecule has 7 heteroatoms. The Balaban J connectivity index is 1.68. The van der Waals surface area contributed by atoms with Gasteiger partial charge in [0.15, 0.2) is 5.65 Å². The second-order valence-electron chi connectivity index (χ2n) is 6.64. The number of carbonyl (C=O) groups is 1. The number of aromatic nitrogens is 3. The highest BCUT2D eigenvalue weighted by atomic mass is 35.5. The van der Waals surface area contributed by atoms with Gasteiger partial charge in [-0.2, -0.15) is 5.10 Å². The molecule has 1 N–H and O–H groups in total. The highest BCUT2D eigenvalue weighted by Crippen LogP contribution is 2.26. The summed E-state index contributed by atoms with van der Waals surface area (Å²) in [6, 6.07) is 7.55. The van der Waals surface area contributed by atoms with Crippen molar-refractivity contribution in [3.63, 3.8) is 0 Å². The summed E-state index contributed by atoms with van der Waals surface area (Å²) in [5, 5.41) is 8.00. The van der Waals surface area contributed by atoms with Crippen molar-refractivity contribution in [3.8, 4) is 11.1 Å². The Morgan fingerprint density at radius 1 is 1.25 bits per heavy atom. The minimum absolute atomic E-state index is 0.153. The van der Waals surface area contributed by atoms with Crippen LogP contribution in [0.25, 0.3) is 16.8 Å². The van der Waals surface area contributed by atoms with Crippen LogP contribution in [0.1, 0.15) is 42.2 Å². The summed E-state index contributed by atoms with van der Waals surface area (Å²) in [6.07, 6.45) is 6.32. The van der Waals surface area contributed by atoms with Gasteiger partial charge in [-0.15, -0.1) is 0 Å². The molecule has 3 aromatic rings. The topological polar surface area (TPSA) is 68.5 Å². The Kier molecular flexibility index (Phi) is 7.01. The van der Waals surface area contributed by atoms with E-state index in [2.05, 4.69) is 22.3 Å². The Bertz CT molecular complexity index is 955. The second-order valence-corrected chi connectivity index (χ2v) is 7.07. The molecule has 0 radical (unpaired) electrons. The van der Waals surface area contributed by atoms with E-state index < -0.39 is 0 Å². The van der Waals surface area contributed by atoms with Crippen molar-refractivity contribution in [2.45, 2.75) is 33.1 Å². The lowest BCUT2D eigenvalue weighted by Crippen LogP contribution is -2.27. The first-order valence-corrected chi connectivity index (χ1v) is 9.95. The van der Waals surface area contributed by atoms with E-state index in [-0.39, 0.29) is 5.91 Å². The number of unbranched alkanes of at least 4 members (excludes halogenated alkanes) is 1. The van der Waals surface area contributed by atoms with E-state index in [4.69, 9.17) is 16.3 Å². The molecule has 0 saturated heterocycles. The van der Waals surface area contributed by atoms with E-state index in [1.165, 1.54) is 0 Å². The molecule has 0 atom stereocenters. The van der Waals surface area contributed by atoms with E-state index in [0.29, 0.717) is 29.4 Å². The van der Waals surface area contributed by atoms with Gasteiger partial charge in [-0.1, -0.05) is 37.1 Å². The van der Waals surface area contributed by atoms with Crippen LogP contribution in [0.2, 0.25) is 5.02 Å². The quantitative estimate of drug-likeness (QED) is 0.544. The van der Waals surface area contributed by atoms with E-state index in [1.54, 1.807) is 16.9 Å². The first kappa shape index (κ1) is 20.3. The second kappa shape index (κ2) is 9.66. The Hall–Kier alpha value is -2.44. The molecule has 2 aromatic heterocycles. The number of benzene rings is 1. The van der Waals surface area contributed by atoms with Gasteiger partial charge < -0.3 is 10.1 Å². The molecule has 0 bridgehead atoms. The van der Waals surface area contributed by atoms with Crippen LogP contribution >= 0.6 is 11.6 Å². The molecule has 28 heavy (non-hydrogen) atoms. The van der Waals surface area contributed by atoms with Gasteiger partial charge in [0.05, 0.1) is 17.5 Å². The number of ether oxygens (including phenoxy) is 1. The molecule has 1 amide bonds. The lowest BCUT2D eigenvalue weighted by atomic mass is 10.1. The van der Waals surface area contributed by atoms with Gasteiger partial charge in [0.1, 0.15) is 0 Å². The normalized spacial score (nSPS) is 11.1. The zero-order valence-corrected chi connectivity index (χ0v) is 17.0. The minimum atomic E-state index is -0.153. The molecule has 0 spiro atoms. The lowest BCUT2D eigenvalue weighted by Gasteiger charge is -2.09. The van der Waals surface area contributed by atoms with Gasteiger partial charge in [-0.25, -0.2) is 9.50 Å². The first-order valence-electron chi connectivity index (χ1n) is 9.57. The van der Waals surface area contributed by atoms with Crippen molar-refractivity contribution in [2.75, 3.05) is 19.8 Å². The lowest BCUT2D eigenvalue weighted by molar-refractivity contribution is 0.0939. The third-order valence-electron chi connectivity index (χ3n) is 4.54. The van der Waals surface area contributed by atoms with Crippen LogP contribution in [-0.2, 0) is 4.74 Å². The van der Waals surface area contributed by atoms with E-state index in [1.807, 2.05) is 31.2 Å². The molecular formula is C21H25ClN4O2. The Morgan fingerprint density at radius 3 is 2.86 bits per heavy atom. The Labute approximate surface area is 169 Å². The molecule has 0 saturated carbocycles. The number of nitrogens with one attached hydrogen (secondary N) is 1. The fourth-order valence-corrected chi connectivity index (χ4v) is 3.14. The number of hydrogen-bond acceptors (Lipinski definition) is 4. The average Bonchev–Trinajstić information content (AvgIpc) is 3.12. The van der Waals surface area contributed by atoms with Gasteiger partial charge in [0.25, 0.3) is 5.91 Å². The summed E-state index contributed by atoms with van der Waals surface area (Å²) in [5.41, 5.74) is 3.77. The zero-order chi connectivity index (χ0) is 19.9. The smallest absolute Gasteiger partial charge is 0.254 e. The summed E-state index contributed by atoms with van der Waals surface area (Å²) >= 11 is 6.10. The van der Waals surface area contributed by atoms with E-state index in [0.717, 1.165) is 42.7 Å². The van der Waals surface area contributed by atoms with Gasteiger partial charge in [0.2, 0.25) is 0 Å². The molecule has 0 fully saturated rings. The summed E-state index contributed by atoms with van der Waals surface area (Å²) < 4.78 is 7.20. The molecule has 0 aliphatic rings. The third kappa shape index (κ3) is 4.69. The van der Waals surface area contributed by atoms with Crippen LogP contribution in [0.5, 0.6) is 0 Å². The number of aryl methyl sites for hydroxylation is 1. The van der Waals surface area contributed by atoms with Crippen LogP contribution in [0, 0.1) is 6.92 Å². The molecule has 0 unspecified atom stereocenters. The standard InChI is InChI=1S/C21H25ClN4O2/c1-3-4-10-28-11-6-9-23-21(27)18-13-24-20-19(14-25-26(20)15(18)2)16-7-5-8-17(22)12-16/h5,7-8,12-14H,3-4,6,9-11H2,1-2H3,(H,23,27). The summed E-state index contributed by atoms with van der Waals surface area (Å²) in [6.45, 7) is 5.99. The number of nitrogens with zero attached hydrogens (tertiary/aromatic N) is 3. The van der Waals surface area contributed by atoms with Crippen molar-refractivity contribution in [2.24, 2.45) is 0 Å². The molecule has 0 aliphatic heterocycles. The molecule has 0 aliphatic carbocycles. The SMILES string of the molecule is CCCCOCCCNC(=O)c1cnc2c(-c3cccc(Cl)c3)cnn2c1C. The molecule has 3 rings (SSSR count). The van der Waals surface area contributed by atoms with Crippen LogP contribution in [0.3, 0.4) is 0 Å². The highest BCUT2D eigenvalue weighted by molar-refractivity contribution is 6.30.